The van der Waals surface area contributed by atoms with Gasteiger partial charge < -0.3 is 5.32 Å². The molecule has 0 atom stereocenters. The molecule has 0 aromatic heterocycles. The van der Waals surface area contributed by atoms with Crippen molar-refractivity contribution in [2.45, 2.75) is 12.7 Å². The van der Waals surface area contributed by atoms with Gasteiger partial charge in [0.15, 0.2) is 0 Å². The fourth-order valence-electron chi connectivity index (χ4n) is 1.83. The van der Waals surface area contributed by atoms with Gasteiger partial charge in [0.1, 0.15) is 0 Å². The smallest absolute Gasteiger partial charge is 0.348 e. The standard InChI is InChI=1S/C15H11ClF3NO/c16-12-7-5-10(6-8-12)14(21)20-9-11-3-1-2-4-13(11)15(17,18)19/h1-8H,9H2,(H,20,21). The van der Waals surface area contributed by atoms with Gasteiger partial charge in [0.05, 0.1) is 5.56 Å². The molecule has 0 spiro atoms. The maximum atomic E-state index is 12.8. The fourth-order valence-corrected chi connectivity index (χ4v) is 1.96. The maximum absolute atomic E-state index is 12.8. The third-order valence-electron chi connectivity index (χ3n) is 2.87. The Morgan fingerprint density at radius 3 is 2.29 bits per heavy atom. The Labute approximate surface area is 124 Å². The zero-order chi connectivity index (χ0) is 15.5. The Kier molecular flexibility index (Phi) is 4.53. The lowest BCUT2D eigenvalue weighted by molar-refractivity contribution is -0.138. The maximum Gasteiger partial charge on any atom is 0.416 e. The summed E-state index contributed by atoms with van der Waals surface area (Å²) in [5.41, 5.74) is -0.391. The second-order valence-corrected chi connectivity index (χ2v) is 4.78. The van der Waals surface area contributed by atoms with Gasteiger partial charge in [-0.25, -0.2) is 0 Å². The summed E-state index contributed by atoms with van der Waals surface area (Å²) >= 11 is 5.70. The quantitative estimate of drug-likeness (QED) is 0.900. The van der Waals surface area contributed by atoms with Crippen molar-refractivity contribution in [1.82, 2.24) is 5.32 Å². The molecule has 1 N–H and O–H groups in total. The number of hydrogen-bond acceptors (Lipinski definition) is 1. The molecule has 2 aromatic rings. The molecule has 0 radical (unpaired) electrons. The van der Waals surface area contributed by atoms with Crippen LogP contribution in [0.1, 0.15) is 21.5 Å². The van der Waals surface area contributed by atoms with Crippen LogP contribution in [0.15, 0.2) is 48.5 Å². The molecular formula is C15H11ClF3NO. The zero-order valence-electron chi connectivity index (χ0n) is 10.7. The van der Waals surface area contributed by atoms with Crippen LogP contribution >= 0.6 is 11.6 Å². The first kappa shape index (κ1) is 15.4. The molecule has 0 saturated carbocycles. The van der Waals surface area contributed by atoms with Crippen molar-refractivity contribution in [2.24, 2.45) is 0 Å². The molecule has 0 aliphatic carbocycles. The summed E-state index contributed by atoms with van der Waals surface area (Å²) in [5.74, 6) is -0.455. The Morgan fingerprint density at radius 1 is 1.05 bits per heavy atom. The van der Waals surface area contributed by atoms with Crippen molar-refractivity contribution in [3.05, 3.63) is 70.2 Å². The molecule has 0 bridgehead atoms. The molecule has 110 valence electrons. The Balaban J connectivity index is 2.10. The molecule has 0 aliphatic rings. The summed E-state index contributed by atoms with van der Waals surface area (Å²) in [6.07, 6.45) is -4.44. The van der Waals surface area contributed by atoms with Crippen molar-refractivity contribution in [2.75, 3.05) is 0 Å². The van der Waals surface area contributed by atoms with Crippen LogP contribution in [-0.4, -0.2) is 5.91 Å². The summed E-state index contributed by atoms with van der Waals surface area (Å²) in [6, 6.07) is 11.2. The van der Waals surface area contributed by atoms with Gasteiger partial charge in [-0.2, -0.15) is 13.2 Å². The van der Waals surface area contributed by atoms with Gasteiger partial charge in [0.25, 0.3) is 5.91 Å². The number of halogens is 4. The topological polar surface area (TPSA) is 29.1 Å². The highest BCUT2D eigenvalue weighted by atomic mass is 35.5. The molecule has 2 rings (SSSR count). The molecule has 2 aromatic carbocycles. The van der Waals surface area contributed by atoms with Crippen LogP contribution in [0, 0.1) is 0 Å². The SMILES string of the molecule is O=C(NCc1ccccc1C(F)(F)F)c1ccc(Cl)cc1. The Hall–Kier alpha value is -2.01. The number of hydrogen-bond donors (Lipinski definition) is 1. The average molecular weight is 314 g/mol. The van der Waals surface area contributed by atoms with Crippen LogP contribution < -0.4 is 5.32 Å². The monoisotopic (exact) mass is 313 g/mol. The molecule has 0 aliphatic heterocycles. The van der Waals surface area contributed by atoms with Gasteiger partial charge >= 0.3 is 6.18 Å². The number of carbonyl (C=O) groups is 1. The van der Waals surface area contributed by atoms with Gasteiger partial charge in [-0.15, -0.1) is 0 Å². The van der Waals surface area contributed by atoms with E-state index in [0.717, 1.165) is 6.07 Å². The summed E-state index contributed by atoms with van der Waals surface area (Å²) in [4.78, 5) is 11.9. The molecule has 0 unspecified atom stereocenters. The van der Waals surface area contributed by atoms with E-state index in [0.29, 0.717) is 10.6 Å². The second kappa shape index (κ2) is 6.18. The average Bonchev–Trinajstić information content (AvgIpc) is 2.45. The number of amides is 1. The largest absolute Gasteiger partial charge is 0.416 e. The number of nitrogens with one attached hydrogen (secondary N) is 1. The predicted molar refractivity (Wildman–Crippen MR) is 74.1 cm³/mol. The zero-order valence-corrected chi connectivity index (χ0v) is 11.5. The molecule has 6 heteroatoms. The number of benzene rings is 2. The molecule has 0 heterocycles. The van der Waals surface area contributed by atoms with Crippen molar-refractivity contribution in [3.8, 4) is 0 Å². The minimum atomic E-state index is -4.44. The fraction of sp³-hybridized carbons (Fsp3) is 0.133. The Bertz CT molecular complexity index is 638. The number of rotatable bonds is 3. The van der Waals surface area contributed by atoms with E-state index in [1.165, 1.54) is 30.3 Å². The summed E-state index contributed by atoms with van der Waals surface area (Å²) in [6.45, 7) is -0.197. The van der Waals surface area contributed by atoms with E-state index in [9.17, 15) is 18.0 Å². The van der Waals surface area contributed by atoms with Crippen LogP contribution in [-0.2, 0) is 12.7 Å². The summed E-state index contributed by atoms with van der Waals surface area (Å²) in [5, 5.41) is 2.95. The summed E-state index contributed by atoms with van der Waals surface area (Å²) in [7, 11) is 0. The number of carbonyl (C=O) groups excluding carboxylic acids is 1. The molecule has 0 saturated heterocycles. The van der Waals surface area contributed by atoms with Gasteiger partial charge in [0.2, 0.25) is 0 Å². The van der Waals surface area contributed by atoms with Gasteiger partial charge in [-0.05, 0) is 35.9 Å². The van der Waals surface area contributed by atoms with Crippen LogP contribution in [0.2, 0.25) is 5.02 Å². The Morgan fingerprint density at radius 2 is 1.67 bits per heavy atom. The number of alkyl halides is 3. The highest BCUT2D eigenvalue weighted by Gasteiger charge is 2.32. The van der Waals surface area contributed by atoms with Gasteiger partial charge in [-0.1, -0.05) is 29.8 Å². The predicted octanol–water partition coefficient (Wildman–Crippen LogP) is 4.29. The van der Waals surface area contributed by atoms with Crippen molar-refractivity contribution in [3.63, 3.8) is 0 Å². The van der Waals surface area contributed by atoms with Crippen molar-refractivity contribution >= 4 is 17.5 Å². The van der Waals surface area contributed by atoms with Crippen LogP contribution in [0.25, 0.3) is 0 Å². The summed E-state index contributed by atoms with van der Waals surface area (Å²) < 4.78 is 38.4. The van der Waals surface area contributed by atoms with Crippen LogP contribution in [0.4, 0.5) is 13.2 Å². The van der Waals surface area contributed by atoms with Crippen LogP contribution in [0.5, 0.6) is 0 Å². The lowest BCUT2D eigenvalue weighted by atomic mass is 10.1. The minimum absolute atomic E-state index is 0.0207. The molecule has 2 nitrogen and oxygen atoms in total. The molecular weight excluding hydrogens is 303 g/mol. The third-order valence-corrected chi connectivity index (χ3v) is 3.12. The lowest BCUT2D eigenvalue weighted by Crippen LogP contribution is -2.24. The normalized spacial score (nSPS) is 11.2. The third kappa shape index (κ3) is 3.98. The molecule has 0 fully saturated rings. The minimum Gasteiger partial charge on any atom is -0.348 e. The highest BCUT2D eigenvalue weighted by molar-refractivity contribution is 6.30. The first-order valence-corrected chi connectivity index (χ1v) is 6.44. The second-order valence-electron chi connectivity index (χ2n) is 4.34. The first-order valence-electron chi connectivity index (χ1n) is 6.07. The van der Waals surface area contributed by atoms with Gasteiger partial charge in [-0.3, -0.25) is 4.79 Å². The van der Waals surface area contributed by atoms with E-state index in [4.69, 9.17) is 11.6 Å². The van der Waals surface area contributed by atoms with Crippen molar-refractivity contribution < 1.29 is 18.0 Å². The van der Waals surface area contributed by atoms with Gasteiger partial charge in [0, 0.05) is 17.1 Å². The molecule has 1 amide bonds. The lowest BCUT2D eigenvalue weighted by Gasteiger charge is -2.13. The van der Waals surface area contributed by atoms with E-state index in [1.54, 1.807) is 12.1 Å². The van der Waals surface area contributed by atoms with E-state index >= 15 is 0 Å². The van der Waals surface area contributed by atoms with Crippen LogP contribution in [0.3, 0.4) is 0 Å². The highest BCUT2D eigenvalue weighted by Crippen LogP contribution is 2.31. The van der Waals surface area contributed by atoms with Crippen molar-refractivity contribution in [1.29, 1.82) is 0 Å². The molecule has 21 heavy (non-hydrogen) atoms. The van der Waals surface area contributed by atoms with E-state index in [2.05, 4.69) is 5.32 Å². The van der Waals surface area contributed by atoms with E-state index in [-0.39, 0.29) is 12.1 Å². The van der Waals surface area contributed by atoms with E-state index < -0.39 is 17.6 Å². The van der Waals surface area contributed by atoms with E-state index in [1.807, 2.05) is 0 Å². The first-order chi connectivity index (χ1) is 9.88.